The molecule has 0 aromatic rings. The van der Waals surface area contributed by atoms with Gasteiger partial charge in [-0.2, -0.15) is 0 Å². The van der Waals surface area contributed by atoms with Gasteiger partial charge in [0.15, 0.2) is 0 Å². The van der Waals surface area contributed by atoms with Gasteiger partial charge in [0.2, 0.25) is 0 Å². The van der Waals surface area contributed by atoms with Gasteiger partial charge in [0.1, 0.15) is 0 Å². The molecule has 0 radical (unpaired) electrons. The lowest BCUT2D eigenvalue weighted by Gasteiger charge is -2.34. The van der Waals surface area contributed by atoms with E-state index in [-0.39, 0.29) is 11.6 Å². The van der Waals surface area contributed by atoms with Crippen molar-refractivity contribution in [3.05, 3.63) is 11.8 Å². The number of nitrogens with zero attached hydrogens (tertiary/aromatic N) is 1. The molecule has 1 aliphatic rings. The predicted octanol–water partition coefficient (Wildman–Crippen LogP) is 3.66. The van der Waals surface area contributed by atoms with Crippen LogP contribution in [-0.2, 0) is 0 Å². The van der Waals surface area contributed by atoms with Gasteiger partial charge < -0.3 is 10.2 Å². The highest BCUT2D eigenvalue weighted by Crippen LogP contribution is 2.22. The molecule has 0 heterocycles. The number of rotatable bonds is 2. The zero-order valence-electron chi connectivity index (χ0n) is 11.7. The van der Waals surface area contributed by atoms with E-state index >= 15 is 0 Å². The van der Waals surface area contributed by atoms with Crippen molar-refractivity contribution in [2.24, 2.45) is 0 Å². The number of carbonyl (C=O) groups is 1. The minimum absolute atomic E-state index is 0.0121. The summed E-state index contributed by atoms with van der Waals surface area (Å²) < 4.78 is 0. The first-order valence-corrected chi connectivity index (χ1v) is 6.71. The van der Waals surface area contributed by atoms with Crippen LogP contribution in [0.1, 0.15) is 59.8 Å². The number of amides is 2. The average molecular weight is 238 g/mol. The normalized spacial score (nSPS) is 16.6. The summed E-state index contributed by atoms with van der Waals surface area (Å²) in [6, 6.07) is 0.0121. The Morgan fingerprint density at radius 1 is 1.29 bits per heavy atom. The molecule has 98 valence electrons. The number of carbonyl (C=O) groups excluding carboxylic acids is 1. The molecule has 0 bridgehead atoms. The first-order valence-electron chi connectivity index (χ1n) is 6.71. The highest BCUT2D eigenvalue weighted by atomic mass is 16.2. The van der Waals surface area contributed by atoms with Crippen LogP contribution in [0, 0.1) is 0 Å². The molecule has 17 heavy (non-hydrogen) atoms. The molecule has 0 spiro atoms. The summed E-state index contributed by atoms with van der Waals surface area (Å²) in [6.45, 7) is 8.93. The van der Waals surface area contributed by atoms with Gasteiger partial charge in [-0.3, -0.25) is 0 Å². The molecule has 2 amide bonds. The molecule has 3 heteroatoms. The topological polar surface area (TPSA) is 32.3 Å². The summed E-state index contributed by atoms with van der Waals surface area (Å²) >= 11 is 0. The molecule has 1 saturated carbocycles. The summed E-state index contributed by atoms with van der Waals surface area (Å²) in [7, 11) is 0. The van der Waals surface area contributed by atoms with Crippen molar-refractivity contribution in [1.29, 1.82) is 0 Å². The molecule has 0 unspecified atom stereocenters. The van der Waals surface area contributed by atoms with Crippen LogP contribution in [-0.4, -0.2) is 23.0 Å². The van der Waals surface area contributed by atoms with Crippen molar-refractivity contribution < 1.29 is 4.79 Å². The summed E-state index contributed by atoms with van der Waals surface area (Å²) in [5.74, 6) is 0. The van der Waals surface area contributed by atoms with Crippen LogP contribution >= 0.6 is 0 Å². The molecular formula is C14H26N2O. The van der Waals surface area contributed by atoms with Gasteiger partial charge in [-0.15, -0.1) is 0 Å². The number of hydrogen-bond donors (Lipinski definition) is 1. The van der Waals surface area contributed by atoms with Crippen molar-refractivity contribution in [2.75, 3.05) is 6.54 Å². The highest BCUT2D eigenvalue weighted by Gasteiger charge is 2.24. The zero-order valence-corrected chi connectivity index (χ0v) is 11.7. The van der Waals surface area contributed by atoms with E-state index in [1.54, 1.807) is 0 Å². The van der Waals surface area contributed by atoms with Gasteiger partial charge in [0.05, 0.1) is 0 Å². The standard InChI is InChI=1S/C14H26N2O/c1-5-16(14(2,3)4)13(17)15-11-12-9-7-6-8-10-12/h11H,5-10H2,1-4H3,(H,15,17). The van der Waals surface area contributed by atoms with E-state index in [1.807, 2.05) is 18.0 Å². The van der Waals surface area contributed by atoms with E-state index in [1.165, 1.54) is 24.8 Å². The summed E-state index contributed by atoms with van der Waals surface area (Å²) in [5, 5.41) is 2.93. The monoisotopic (exact) mass is 238 g/mol. The molecular weight excluding hydrogens is 212 g/mol. The minimum Gasteiger partial charge on any atom is -0.320 e. The smallest absolute Gasteiger partial charge is 0.320 e. The number of urea groups is 1. The molecule has 0 aliphatic heterocycles. The maximum absolute atomic E-state index is 12.0. The van der Waals surface area contributed by atoms with Crippen molar-refractivity contribution in [1.82, 2.24) is 10.2 Å². The Hall–Kier alpha value is -0.990. The maximum atomic E-state index is 12.0. The number of nitrogens with one attached hydrogen (secondary N) is 1. The lowest BCUT2D eigenvalue weighted by Crippen LogP contribution is -2.49. The summed E-state index contributed by atoms with van der Waals surface area (Å²) in [4.78, 5) is 13.9. The van der Waals surface area contributed by atoms with E-state index in [2.05, 4.69) is 26.1 Å². The van der Waals surface area contributed by atoms with Crippen molar-refractivity contribution in [3.8, 4) is 0 Å². The van der Waals surface area contributed by atoms with Crippen LogP contribution in [0.3, 0.4) is 0 Å². The third-order valence-electron chi connectivity index (χ3n) is 3.27. The van der Waals surface area contributed by atoms with Crippen LogP contribution in [0.25, 0.3) is 0 Å². The minimum atomic E-state index is -0.121. The Kier molecular flexibility index (Phi) is 5.03. The molecule has 0 aromatic heterocycles. The van der Waals surface area contributed by atoms with Crippen molar-refractivity contribution in [3.63, 3.8) is 0 Å². The Morgan fingerprint density at radius 2 is 1.88 bits per heavy atom. The number of allylic oxidation sites excluding steroid dienone is 1. The molecule has 1 N–H and O–H groups in total. The third kappa shape index (κ3) is 4.41. The van der Waals surface area contributed by atoms with Crippen LogP contribution in [0.2, 0.25) is 0 Å². The Balaban J connectivity index is 2.52. The SMILES string of the molecule is CCN(C(=O)NC=C1CCCCC1)C(C)(C)C. The van der Waals surface area contributed by atoms with Gasteiger partial charge in [-0.1, -0.05) is 12.0 Å². The molecule has 1 fully saturated rings. The van der Waals surface area contributed by atoms with E-state index in [0.717, 1.165) is 19.4 Å². The largest absolute Gasteiger partial charge is 0.321 e. The predicted molar refractivity (Wildman–Crippen MR) is 71.8 cm³/mol. The fourth-order valence-electron chi connectivity index (χ4n) is 2.31. The molecule has 1 rings (SSSR count). The third-order valence-corrected chi connectivity index (χ3v) is 3.27. The number of hydrogen-bond acceptors (Lipinski definition) is 1. The van der Waals surface area contributed by atoms with Gasteiger partial charge in [0, 0.05) is 18.3 Å². The Bertz CT molecular complexity index is 281. The van der Waals surface area contributed by atoms with E-state index < -0.39 is 0 Å². The fourth-order valence-corrected chi connectivity index (χ4v) is 2.31. The molecule has 0 saturated heterocycles. The summed E-state index contributed by atoms with van der Waals surface area (Å²) in [5.41, 5.74) is 1.26. The molecule has 0 atom stereocenters. The van der Waals surface area contributed by atoms with Crippen LogP contribution in [0.5, 0.6) is 0 Å². The van der Waals surface area contributed by atoms with Crippen LogP contribution in [0.4, 0.5) is 4.79 Å². The highest BCUT2D eigenvalue weighted by molar-refractivity contribution is 5.76. The van der Waals surface area contributed by atoms with E-state index in [9.17, 15) is 4.79 Å². The second-order valence-corrected chi connectivity index (χ2v) is 5.73. The lowest BCUT2D eigenvalue weighted by molar-refractivity contribution is 0.153. The second-order valence-electron chi connectivity index (χ2n) is 5.73. The fraction of sp³-hybridized carbons (Fsp3) is 0.786. The van der Waals surface area contributed by atoms with Gasteiger partial charge in [-0.05, 0) is 53.4 Å². The molecule has 1 aliphatic carbocycles. The van der Waals surface area contributed by atoms with Crippen LogP contribution in [0.15, 0.2) is 11.8 Å². The second kappa shape index (κ2) is 6.08. The van der Waals surface area contributed by atoms with Gasteiger partial charge >= 0.3 is 6.03 Å². The molecule has 0 aromatic carbocycles. The maximum Gasteiger partial charge on any atom is 0.321 e. The quantitative estimate of drug-likeness (QED) is 0.782. The summed E-state index contributed by atoms with van der Waals surface area (Å²) in [6.07, 6.45) is 8.06. The Morgan fingerprint density at radius 3 is 2.35 bits per heavy atom. The van der Waals surface area contributed by atoms with Gasteiger partial charge in [-0.25, -0.2) is 4.79 Å². The first kappa shape index (κ1) is 14.1. The van der Waals surface area contributed by atoms with E-state index in [0.29, 0.717) is 0 Å². The van der Waals surface area contributed by atoms with Crippen molar-refractivity contribution in [2.45, 2.75) is 65.3 Å². The Labute approximate surface area is 105 Å². The lowest BCUT2D eigenvalue weighted by atomic mass is 9.96. The molecule has 3 nitrogen and oxygen atoms in total. The average Bonchev–Trinajstić information content (AvgIpc) is 2.27. The van der Waals surface area contributed by atoms with Crippen LogP contribution < -0.4 is 5.32 Å². The zero-order chi connectivity index (χ0) is 12.9. The first-order chi connectivity index (χ1) is 7.95. The van der Waals surface area contributed by atoms with E-state index in [4.69, 9.17) is 0 Å². The van der Waals surface area contributed by atoms with Crippen molar-refractivity contribution >= 4 is 6.03 Å². The van der Waals surface area contributed by atoms with Gasteiger partial charge in [0.25, 0.3) is 0 Å².